The molecule has 2 aliphatic carbocycles. The smallest absolute Gasteiger partial charge is 0.0726 e. The van der Waals surface area contributed by atoms with E-state index in [0.717, 1.165) is 24.3 Å². The molecule has 1 heterocycles. The average molecular weight is 342 g/mol. The topological polar surface area (TPSA) is 24.9 Å². The van der Waals surface area contributed by atoms with Crippen LogP contribution in [-0.2, 0) is 12.8 Å². The molecule has 0 atom stereocenters. The molecule has 0 unspecified atom stereocenters. The average Bonchev–Trinajstić information content (AvgIpc) is 3.23. The van der Waals surface area contributed by atoms with E-state index in [1.165, 1.54) is 72.1 Å². The molecule has 0 amide bonds. The SMILES string of the molecule is c1ccc(Nc2c3c(nc4ccc(C5CCCC5)cc24)CCCC3)cc1. The van der Waals surface area contributed by atoms with E-state index in [1.807, 2.05) is 0 Å². The number of pyridine rings is 1. The number of benzene rings is 2. The molecule has 0 radical (unpaired) electrons. The zero-order valence-corrected chi connectivity index (χ0v) is 15.3. The molecule has 0 saturated heterocycles. The lowest BCUT2D eigenvalue weighted by Crippen LogP contribution is -2.10. The Morgan fingerprint density at radius 2 is 1.65 bits per heavy atom. The minimum Gasteiger partial charge on any atom is -0.355 e. The van der Waals surface area contributed by atoms with Gasteiger partial charge in [-0.05, 0) is 79.8 Å². The summed E-state index contributed by atoms with van der Waals surface area (Å²) >= 11 is 0. The van der Waals surface area contributed by atoms with E-state index >= 15 is 0 Å². The van der Waals surface area contributed by atoms with Gasteiger partial charge in [-0.3, -0.25) is 4.98 Å². The zero-order chi connectivity index (χ0) is 17.3. The molecular formula is C24H26N2. The number of rotatable bonds is 3. The van der Waals surface area contributed by atoms with Gasteiger partial charge in [-0.15, -0.1) is 0 Å². The van der Waals surface area contributed by atoms with Crippen LogP contribution in [0.15, 0.2) is 48.5 Å². The van der Waals surface area contributed by atoms with Crippen LogP contribution in [0.1, 0.15) is 61.3 Å². The van der Waals surface area contributed by atoms with E-state index in [2.05, 4.69) is 53.8 Å². The summed E-state index contributed by atoms with van der Waals surface area (Å²) in [5.41, 5.74) is 7.86. The minimum absolute atomic E-state index is 0.736. The molecule has 1 saturated carbocycles. The summed E-state index contributed by atoms with van der Waals surface area (Å²) in [5.74, 6) is 0.736. The monoisotopic (exact) mass is 342 g/mol. The van der Waals surface area contributed by atoms with Gasteiger partial charge in [0.1, 0.15) is 0 Å². The van der Waals surface area contributed by atoms with Crippen LogP contribution >= 0.6 is 0 Å². The summed E-state index contributed by atoms with van der Waals surface area (Å²) in [4.78, 5) is 5.05. The molecule has 0 aliphatic heterocycles. The Morgan fingerprint density at radius 3 is 2.50 bits per heavy atom. The van der Waals surface area contributed by atoms with Gasteiger partial charge in [0.05, 0.1) is 11.2 Å². The van der Waals surface area contributed by atoms with Crippen molar-refractivity contribution in [1.82, 2.24) is 4.98 Å². The lowest BCUT2D eigenvalue weighted by atomic mass is 9.90. The number of aryl methyl sites for hydroxylation is 1. The zero-order valence-electron chi connectivity index (χ0n) is 15.3. The molecule has 2 aromatic carbocycles. The molecule has 132 valence electrons. The lowest BCUT2D eigenvalue weighted by molar-refractivity contribution is 0.672. The van der Waals surface area contributed by atoms with Crippen molar-refractivity contribution in [3.8, 4) is 0 Å². The fourth-order valence-electron chi connectivity index (χ4n) is 4.76. The first kappa shape index (κ1) is 15.9. The summed E-state index contributed by atoms with van der Waals surface area (Å²) in [5, 5.41) is 5.06. The highest BCUT2D eigenvalue weighted by Crippen LogP contribution is 2.39. The molecule has 0 spiro atoms. The van der Waals surface area contributed by atoms with Crippen LogP contribution in [-0.4, -0.2) is 4.98 Å². The van der Waals surface area contributed by atoms with Crippen LogP contribution in [0.25, 0.3) is 10.9 Å². The van der Waals surface area contributed by atoms with Crippen molar-refractivity contribution >= 4 is 22.3 Å². The van der Waals surface area contributed by atoms with E-state index in [9.17, 15) is 0 Å². The first-order valence-corrected chi connectivity index (χ1v) is 10.2. The van der Waals surface area contributed by atoms with Gasteiger partial charge in [0.15, 0.2) is 0 Å². The third-order valence-corrected chi connectivity index (χ3v) is 6.16. The molecular weight excluding hydrogens is 316 g/mol. The van der Waals surface area contributed by atoms with Crippen LogP contribution in [0.2, 0.25) is 0 Å². The number of aromatic nitrogens is 1. The molecule has 2 heteroatoms. The molecule has 1 fully saturated rings. The summed E-state index contributed by atoms with van der Waals surface area (Å²) in [6.45, 7) is 0. The number of hydrogen-bond donors (Lipinski definition) is 1. The summed E-state index contributed by atoms with van der Waals surface area (Å²) in [6.07, 6.45) is 10.2. The predicted octanol–water partition coefficient (Wildman–Crippen LogP) is 6.51. The van der Waals surface area contributed by atoms with Crippen molar-refractivity contribution < 1.29 is 0 Å². The van der Waals surface area contributed by atoms with Gasteiger partial charge in [0, 0.05) is 16.8 Å². The van der Waals surface area contributed by atoms with E-state index in [0.29, 0.717) is 0 Å². The Hall–Kier alpha value is -2.35. The second kappa shape index (κ2) is 6.75. The number of anilines is 2. The third kappa shape index (κ3) is 2.88. The maximum Gasteiger partial charge on any atom is 0.0726 e. The van der Waals surface area contributed by atoms with E-state index in [4.69, 9.17) is 4.98 Å². The van der Waals surface area contributed by atoms with Crippen molar-refractivity contribution in [2.24, 2.45) is 0 Å². The molecule has 1 N–H and O–H groups in total. The molecule has 0 bridgehead atoms. The maximum absolute atomic E-state index is 5.05. The Balaban J connectivity index is 1.67. The van der Waals surface area contributed by atoms with Crippen molar-refractivity contribution in [1.29, 1.82) is 0 Å². The number of para-hydroxylation sites is 1. The van der Waals surface area contributed by atoms with Crippen LogP contribution in [0, 0.1) is 0 Å². The predicted molar refractivity (Wildman–Crippen MR) is 109 cm³/mol. The van der Waals surface area contributed by atoms with Gasteiger partial charge in [0.25, 0.3) is 0 Å². The van der Waals surface area contributed by atoms with E-state index in [-0.39, 0.29) is 0 Å². The molecule has 5 rings (SSSR count). The minimum atomic E-state index is 0.736. The summed E-state index contributed by atoms with van der Waals surface area (Å²) < 4.78 is 0. The summed E-state index contributed by atoms with van der Waals surface area (Å²) in [7, 11) is 0. The molecule has 26 heavy (non-hydrogen) atoms. The first-order valence-electron chi connectivity index (χ1n) is 10.2. The highest BCUT2D eigenvalue weighted by atomic mass is 14.9. The van der Waals surface area contributed by atoms with Gasteiger partial charge in [-0.1, -0.05) is 37.1 Å². The lowest BCUT2D eigenvalue weighted by Gasteiger charge is -2.22. The third-order valence-electron chi connectivity index (χ3n) is 6.16. The Morgan fingerprint density at radius 1 is 0.846 bits per heavy atom. The second-order valence-corrected chi connectivity index (χ2v) is 7.87. The van der Waals surface area contributed by atoms with Crippen molar-refractivity contribution in [3.63, 3.8) is 0 Å². The standard InChI is InChI=1S/C24H26N2/c1-2-10-19(11-3-1)25-24-20-12-6-7-13-22(20)26-23-15-14-18(16-21(23)24)17-8-4-5-9-17/h1-3,10-11,14-17H,4-9,12-13H2,(H,25,26). The number of hydrogen-bond acceptors (Lipinski definition) is 2. The van der Waals surface area contributed by atoms with Gasteiger partial charge < -0.3 is 5.32 Å². The largest absolute Gasteiger partial charge is 0.355 e. The maximum atomic E-state index is 5.05. The second-order valence-electron chi connectivity index (χ2n) is 7.87. The van der Waals surface area contributed by atoms with Crippen LogP contribution in [0.3, 0.4) is 0 Å². The fourth-order valence-corrected chi connectivity index (χ4v) is 4.76. The quantitative estimate of drug-likeness (QED) is 0.586. The first-order chi connectivity index (χ1) is 12.9. The van der Waals surface area contributed by atoms with E-state index < -0.39 is 0 Å². The van der Waals surface area contributed by atoms with Crippen molar-refractivity contribution in [2.75, 3.05) is 5.32 Å². The highest BCUT2D eigenvalue weighted by Gasteiger charge is 2.21. The number of nitrogens with zero attached hydrogens (tertiary/aromatic N) is 1. The van der Waals surface area contributed by atoms with Crippen LogP contribution in [0.5, 0.6) is 0 Å². The van der Waals surface area contributed by atoms with Crippen LogP contribution in [0.4, 0.5) is 11.4 Å². The number of nitrogens with one attached hydrogen (secondary N) is 1. The fraction of sp³-hybridized carbons (Fsp3) is 0.375. The van der Waals surface area contributed by atoms with Gasteiger partial charge in [-0.2, -0.15) is 0 Å². The highest BCUT2D eigenvalue weighted by molar-refractivity contribution is 5.96. The van der Waals surface area contributed by atoms with Gasteiger partial charge >= 0.3 is 0 Å². The van der Waals surface area contributed by atoms with Crippen molar-refractivity contribution in [3.05, 3.63) is 65.4 Å². The Kier molecular flexibility index (Phi) is 4.12. The molecule has 2 nitrogen and oxygen atoms in total. The summed E-state index contributed by atoms with van der Waals surface area (Å²) in [6, 6.07) is 17.6. The Bertz CT molecular complexity index is 924. The molecule has 1 aromatic heterocycles. The van der Waals surface area contributed by atoms with E-state index in [1.54, 1.807) is 0 Å². The van der Waals surface area contributed by atoms with Crippen LogP contribution < -0.4 is 5.32 Å². The van der Waals surface area contributed by atoms with Gasteiger partial charge in [0.2, 0.25) is 0 Å². The number of fused-ring (bicyclic) bond motifs is 2. The normalized spacial score (nSPS) is 17.4. The Labute approximate surface area is 155 Å². The van der Waals surface area contributed by atoms with Crippen molar-refractivity contribution in [2.45, 2.75) is 57.3 Å². The molecule has 2 aliphatic rings. The molecule has 3 aromatic rings. The van der Waals surface area contributed by atoms with Gasteiger partial charge in [-0.25, -0.2) is 0 Å².